The highest BCUT2D eigenvalue weighted by Gasteiger charge is 2.15. The Morgan fingerprint density at radius 1 is 0.765 bits per heavy atom. The lowest BCUT2D eigenvalue weighted by Gasteiger charge is -2.07. The van der Waals surface area contributed by atoms with Crippen molar-refractivity contribution < 1.29 is 9.26 Å². The van der Waals surface area contributed by atoms with Gasteiger partial charge in [-0.05, 0) is 29.3 Å². The van der Waals surface area contributed by atoms with Crippen molar-refractivity contribution in [3.63, 3.8) is 0 Å². The Kier molecular flexibility index (Phi) is 5.04. The van der Waals surface area contributed by atoms with Crippen LogP contribution in [0.5, 0.6) is 5.75 Å². The summed E-state index contributed by atoms with van der Waals surface area (Å²) >= 11 is 0. The van der Waals surface area contributed by atoms with Crippen LogP contribution in [0.4, 0.5) is 0 Å². The number of rotatable bonds is 6. The Labute approximate surface area is 195 Å². The molecule has 7 heteroatoms. The zero-order valence-electron chi connectivity index (χ0n) is 18.1. The maximum Gasteiger partial charge on any atom is 0.276 e. The first-order valence-electron chi connectivity index (χ1n) is 10.8. The molecule has 7 nitrogen and oxygen atoms in total. The summed E-state index contributed by atoms with van der Waals surface area (Å²) in [5, 5.41) is 8.54. The molecule has 0 aliphatic carbocycles. The quantitative estimate of drug-likeness (QED) is 0.328. The molecule has 0 bridgehead atoms. The zero-order valence-corrected chi connectivity index (χ0v) is 18.1. The highest BCUT2D eigenvalue weighted by atomic mass is 16.5. The van der Waals surface area contributed by atoms with Gasteiger partial charge in [0.2, 0.25) is 5.82 Å². The van der Waals surface area contributed by atoms with Crippen molar-refractivity contribution in [3.05, 3.63) is 109 Å². The molecule has 6 aromatic rings. The number of aromatic nitrogens is 5. The van der Waals surface area contributed by atoms with Crippen molar-refractivity contribution in [2.24, 2.45) is 0 Å². The fraction of sp³-hybridized carbons (Fsp3) is 0.0370. The second-order valence-electron chi connectivity index (χ2n) is 7.73. The maximum atomic E-state index is 5.90. The second kappa shape index (κ2) is 8.63. The Hall–Kier alpha value is -4.78. The van der Waals surface area contributed by atoms with E-state index in [2.05, 4.69) is 15.2 Å². The van der Waals surface area contributed by atoms with Gasteiger partial charge in [0.05, 0.1) is 6.20 Å². The van der Waals surface area contributed by atoms with E-state index in [-0.39, 0.29) is 0 Å². The summed E-state index contributed by atoms with van der Waals surface area (Å²) < 4.78 is 13.1. The molecule has 34 heavy (non-hydrogen) atoms. The van der Waals surface area contributed by atoms with Crippen LogP contribution in [0, 0.1) is 0 Å². The van der Waals surface area contributed by atoms with Crippen molar-refractivity contribution in [1.29, 1.82) is 0 Å². The molecule has 0 N–H and O–H groups in total. The molecular weight excluding hydrogens is 426 g/mol. The van der Waals surface area contributed by atoms with E-state index in [1.807, 2.05) is 97.2 Å². The number of fused-ring (bicyclic) bond motifs is 1. The molecule has 0 aliphatic rings. The van der Waals surface area contributed by atoms with Gasteiger partial charge in [-0.3, -0.25) is 0 Å². The molecule has 0 amide bonds. The van der Waals surface area contributed by atoms with E-state index in [1.165, 1.54) is 0 Å². The number of hydrogen-bond acceptors (Lipinski definition) is 6. The van der Waals surface area contributed by atoms with Gasteiger partial charge in [-0.1, -0.05) is 78.0 Å². The van der Waals surface area contributed by atoms with Crippen molar-refractivity contribution in [2.45, 2.75) is 6.61 Å². The van der Waals surface area contributed by atoms with Crippen LogP contribution in [0.15, 0.2) is 108 Å². The largest absolute Gasteiger partial charge is 0.489 e. The number of nitrogens with zero attached hydrogens (tertiary/aromatic N) is 5. The zero-order chi connectivity index (χ0) is 22.7. The van der Waals surface area contributed by atoms with E-state index in [1.54, 1.807) is 10.7 Å². The minimum atomic E-state index is 0.359. The van der Waals surface area contributed by atoms with Gasteiger partial charge in [-0.25, -0.2) is 9.50 Å². The Morgan fingerprint density at radius 2 is 1.53 bits per heavy atom. The molecule has 3 aromatic carbocycles. The Morgan fingerprint density at radius 3 is 2.32 bits per heavy atom. The monoisotopic (exact) mass is 445 g/mol. The first-order valence-corrected chi connectivity index (χ1v) is 10.8. The molecule has 0 unspecified atom stereocenters. The van der Waals surface area contributed by atoms with Crippen molar-refractivity contribution in [3.8, 4) is 39.8 Å². The Bertz CT molecular complexity index is 1540. The summed E-state index contributed by atoms with van der Waals surface area (Å²) in [5.41, 5.74) is 5.20. The smallest absolute Gasteiger partial charge is 0.276 e. The lowest BCUT2D eigenvalue weighted by Crippen LogP contribution is -1.95. The minimum Gasteiger partial charge on any atom is -0.489 e. The molecule has 0 aliphatic heterocycles. The van der Waals surface area contributed by atoms with Gasteiger partial charge >= 0.3 is 0 Å². The molecule has 0 saturated heterocycles. The van der Waals surface area contributed by atoms with Crippen LogP contribution in [-0.2, 0) is 6.61 Å². The predicted molar refractivity (Wildman–Crippen MR) is 128 cm³/mol. The van der Waals surface area contributed by atoms with Gasteiger partial charge in [0.25, 0.3) is 5.89 Å². The van der Waals surface area contributed by atoms with Gasteiger partial charge in [-0.15, -0.1) is 0 Å². The van der Waals surface area contributed by atoms with Crippen molar-refractivity contribution in [1.82, 2.24) is 24.7 Å². The summed E-state index contributed by atoms with van der Waals surface area (Å²) in [6.45, 7) is 0.525. The molecule has 0 saturated carbocycles. The molecular formula is C27H19N5O2. The molecule has 0 radical (unpaired) electrons. The Balaban J connectivity index is 1.26. The molecule has 0 fully saturated rings. The first kappa shape index (κ1) is 19.9. The van der Waals surface area contributed by atoms with Crippen LogP contribution >= 0.6 is 0 Å². The van der Waals surface area contributed by atoms with Gasteiger partial charge in [0, 0.05) is 17.3 Å². The van der Waals surface area contributed by atoms with Crippen LogP contribution in [0.2, 0.25) is 0 Å². The third-order valence-corrected chi connectivity index (χ3v) is 5.46. The van der Waals surface area contributed by atoms with Gasteiger partial charge < -0.3 is 9.26 Å². The lowest BCUT2D eigenvalue weighted by molar-refractivity contribution is 0.306. The fourth-order valence-corrected chi connectivity index (χ4v) is 3.70. The van der Waals surface area contributed by atoms with E-state index in [0.29, 0.717) is 29.7 Å². The van der Waals surface area contributed by atoms with E-state index in [0.717, 1.165) is 28.0 Å². The van der Waals surface area contributed by atoms with Gasteiger partial charge in [0.15, 0.2) is 5.65 Å². The van der Waals surface area contributed by atoms with Crippen LogP contribution in [0.1, 0.15) is 5.56 Å². The number of ether oxygens (including phenoxy) is 1. The molecule has 164 valence electrons. The van der Waals surface area contributed by atoms with E-state index in [9.17, 15) is 0 Å². The summed E-state index contributed by atoms with van der Waals surface area (Å²) in [6.07, 6.45) is 3.64. The second-order valence-corrected chi connectivity index (χ2v) is 7.73. The first-order chi connectivity index (χ1) is 16.8. The van der Waals surface area contributed by atoms with Crippen LogP contribution in [0.25, 0.3) is 39.7 Å². The normalized spacial score (nSPS) is 11.1. The molecule has 6 rings (SSSR count). The summed E-state index contributed by atoms with van der Waals surface area (Å²) in [6, 6.07) is 29.5. The molecule has 3 aromatic heterocycles. The third-order valence-electron chi connectivity index (χ3n) is 5.46. The summed E-state index contributed by atoms with van der Waals surface area (Å²) in [4.78, 5) is 9.28. The van der Waals surface area contributed by atoms with E-state index >= 15 is 0 Å². The SMILES string of the molecule is c1ccc(COc2ccc(-c3cnn4ccc(-c5nc(-c6ccccc6)no5)nc34)cc2)cc1. The lowest BCUT2D eigenvalue weighted by atomic mass is 10.1. The number of benzene rings is 3. The highest BCUT2D eigenvalue weighted by Crippen LogP contribution is 2.28. The highest BCUT2D eigenvalue weighted by molar-refractivity contribution is 5.78. The molecule has 3 heterocycles. The maximum absolute atomic E-state index is 5.90. The van der Waals surface area contributed by atoms with Crippen molar-refractivity contribution in [2.75, 3.05) is 0 Å². The predicted octanol–water partition coefficient (Wildman–Crippen LogP) is 5.69. The third kappa shape index (κ3) is 3.91. The van der Waals surface area contributed by atoms with E-state index in [4.69, 9.17) is 14.2 Å². The average molecular weight is 445 g/mol. The topological polar surface area (TPSA) is 78.3 Å². The molecule has 0 atom stereocenters. The summed E-state index contributed by atoms with van der Waals surface area (Å²) in [5.74, 6) is 1.69. The van der Waals surface area contributed by atoms with Crippen LogP contribution in [-0.4, -0.2) is 24.7 Å². The number of hydrogen-bond donors (Lipinski definition) is 0. The standard InChI is InChI=1S/C27H19N5O2/c1-3-7-19(8-4-1)18-33-22-13-11-20(12-14-22)23-17-28-32-16-15-24(29-26(23)32)27-30-25(31-34-27)21-9-5-2-6-10-21/h1-17H,18H2. The van der Waals surface area contributed by atoms with Crippen LogP contribution in [0.3, 0.4) is 0 Å². The van der Waals surface area contributed by atoms with Gasteiger partial charge in [0.1, 0.15) is 18.1 Å². The fourth-order valence-electron chi connectivity index (χ4n) is 3.70. The summed E-state index contributed by atoms with van der Waals surface area (Å²) in [7, 11) is 0. The van der Waals surface area contributed by atoms with E-state index < -0.39 is 0 Å². The molecule has 0 spiro atoms. The average Bonchev–Trinajstić information content (AvgIpc) is 3.56. The van der Waals surface area contributed by atoms with Crippen LogP contribution < -0.4 is 4.74 Å². The van der Waals surface area contributed by atoms with Gasteiger partial charge in [-0.2, -0.15) is 10.1 Å². The van der Waals surface area contributed by atoms with Crippen molar-refractivity contribution >= 4 is 5.65 Å². The minimum absolute atomic E-state index is 0.359.